The minimum absolute atomic E-state index is 0.316. The fourth-order valence-electron chi connectivity index (χ4n) is 2.58. The molecule has 0 unspecified atom stereocenters. The molecule has 0 fully saturated rings. The Morgan fingerprint density at radius 2 is 2.04 bits per heavy atom. The summed E-state index contributed by atoms with van der Waals surface area (Å²) in [6, 6.07) is 9.90. The summed E-state index contributed by atoms with van der Waals surface area (Å²) < 4.78 is 2.99. The van der Waals surface area contributed by atoms with E-state index in [1.54, 1.807) is 11.6 Å². The molecule has 3 rings (SSSR count). The number of imidazole rings is 1. The zero-order valence-electron chi connectivity index (χ0n) is 14.9. The molecule has 3 aromatic rings. The van der Waals surface area contributed by atoms with E-state index < -0.39 is 11.2 Å². The van der Waals surface area contributed by atoms with Crippen LogP contribution in [-0.4, -0.2) is 24.8 Å². The van der Waals surface area contributed by atoms with E-state index >= 15 is 0 Å². The average molecular weight is 352 g/mol. The lowest BCUT2D eigenvalue weighted by Gasteiger charge is -2.04. The van der Waals surface area contributed by atoms with Crippen LogP contribution in [0.3, 0.4) is 0 Å². The third-order valence-corrected chi connectivity index (χ3v) is 3.97. The number of hydrazone groups is 1. The zero-order valence-corrected chi connectivity index (χ0v) is 14.9. The van der Waals surface area contributed by atoms with Gasteiger partial charge in [-0.25, -0.2) is 10.2 Å². The summed E-state index contributed by atoms with van der Waals surface area (Å²) in [5.74, 6) is 0.404. The van der Waals surface area contributed by atoms with Crippen molar-refractivity contribution in [2.45, 2.75) is 20.4 Å². The summed E-state index contributed by atoms with van der Waals surface area (Å²) >= 11 is 0. The SMILES string of the molecule is CCn1c(NN=C(C)C=Cc2ccccc2)nc2c1c(=O)[nH]c(=O)n2C. The van der Waals surface area contributed by atoms with Gasteiger partial charge < -0.3 is 4.57 Å². The van der Waals surface area contributed by atoms with Crippen molar-refractivity contribution in [1.82, 2.24) is 19.1 Å². The molecule has 8 nitrogen and oxygen atoms in total. The molecule has 0 aliphatic rings. The number of hydrogen-bond acceptors (Lipinski definition) is 5. The number of aryl methyl sites for hydroxylation is 2. The Labute approximate surface area is 149 Å². The number of allylic oxidation sites excluding steroid dienone is 1. The van der Waals surface area contributed by atoms with E-state index in [2.05, 4.69) is 20.5 Å². The van der Waals surface area contributed by atoms with Crippen LogP contribution in [0.5, 0.6) is 0 Å². The third kappa shape index (κ3) is 3.34. The number of H-pyrrole nitrogens is 1. The maximum absolute atomic E-state index is 12.1. The molecular weight excluding hydrogens is 332 g/mol. The Bertz CT molecular complexity index is 1100. The van der Waals surface area contributed by atoms with Gasteiger partial charge in [0, 0.05) is 13.6 Å². The molecule has 0 atom stereocenters. The standard InChI is InChI=1S/C18H20N6O2/c1-4-24-14-15(23(3)18(26)20-16(14)25)19-17(24)22-21-12(2)10-11-13-8-6-5-7-9-13/h5-11H,4H2,1-3H3,(H,19,22)(H,20,25,26). The molecule has 0 saturated heterocycles. The van der Waals surface area contributed by atoms with Gasteiger partial charge in [0.1, 0.15) is 0 Å². The highest BCUT2D eigenvalue weighted by atomic mass is 16.2. The minimum Gasteiger partial charge on any atom is -0.303 e. The second-order valence-electron chi connectivity index (χ2n) is 5.78. The fourth-order valence-corrected chi connectivity index (χ4v) is 2.58. The number of nitrogens with zero attached hydrogens (tertiary/aromatic N) is 4. The molecule has 26 heavy (non-hydrogen) atoms. The first-order valence-corrected chi connectivity index (χ1v) is 8.24. The van der Waals surface area contributed by atoms with Gasteiger partial charge in [0.25, 0.3) is 5.56 Å². The van der Waals surface area contributed by atoms with Gasteiger partial charge in [-0.2, -0.15) is 10.1 Å². The van der Waals surface area contributed by atoms with Crippen LogP contribution < -0.4 is 16.7 Å². The Morgan fingerprint density at radius 1 is 1.31 bits per heavy atom. The molecule has 0 radical (unpaired) electrons. The summed E-state index contributed by atoms with van der Waals surface area (Å²) in [7, 11) is 1.56. The lowest BCUT2D eigenvalue weighted by Crippen LogP contribution is -2.29. The van der Waals surface area contributed by atoms with Crippen molar-refractivity contribution in [2.24, 2.45) is 12.1 Å². The monoisotopic (exact) mass is 352 g/mol. The van der Waals surface area contributed by atoms with Crippen LogP contribution in [0.4, 0.5) is 5.95 Å². The molecule has 0 aliphatic carbocycles. The lowest BCUT2D eigenvalue weighted by atomic mass is 10.2. The fraction of sp³-hybridized carbons (Fsp3) is 0.222. The smallest absolute Gasteiger partial charge is 0.303 e. The Kier molecular flexibility index (Phi) is 4.83. The van der Waals surface area contributed by atoms with Crippen molar-refractivity contribution < 1.29 is 0 Å². The van der Waals surface area contributed by atoms with E-state index in [9.17, 15) is 9.59 Å². The van der Waals surface area contributed by atoms with Gasteiger partial charge in [-0.3, -0.25) is 14.3 Å². The number of anilines is 1. The normalized spacial score (nSPS) is 12.2. The van der Waals surface area contributed by atoms with Crippen LogP contribution in [0.1, 0.15) is 19.4 Å². The molecule has 134 valence electrons. The Hall–Kier alpha value is -3.42. The Morgan fingerprint density at radius 3 is 2.73 bits per heavy atom. The third-order valence-electron chi connectivity index (χ3n) is 3.97. The summed E-state index contributed by atoms with van der Waals surface area (Å²) in [6.07, 6.45) is 3.83. The summed E-state index contributed by atoms with van der Waals surface area (Å²) in [5, 5.41) is 4.29. The predicted molar refractivity (Wildman–Crippen MR) is 103 cm³/mol. The van der Waals surface area contributed by atoms with Gasteiger partial charge in [-0.1, -0.05) is 36.4 Å². The van der Waals surface area contributed by atoms with Crippen molar-refractivity contribution >= 4 is 28.9 Å². The van der Waals surface area contributed by atoms with Crippen LogP contribution in [0.2, 0.25) is 0 Å². The lowest BCUT2D eigenvalue weighted by molar-refractivity contribution is 0.781. The van der Waals surface area contributed by atoms with E-state index in [-0.39, 0.29) is 0 Å². The molecule has 2 heterocycles. The molecule has 2 aromatic heterocycles. The molecule has 0 aliphatic heterocycles. The second-order valence-corrected chi connectivity index (χ2v) is 5.78. The molecule has 0 saturated carbocycles. The topological polar surface area (TPSA) is 97.1 Å². The first kappa shape index (κ1) is 17.4. The van der Waals surface area contributed by atoms with Gasteiger partial charge in [0.2, 0.25) is 5.95 Å². The molecule has 1 aromatic carbocycles. The van der Waals surface area contributed by atoms with Gasteiger partial charge in [0.15, 0.2) is 11.2 Å². The van der Waals surface area contributed by atoms with E-state index in [0.717, 1.165) is 11.3 Å². The highest BCUT2D eigenvalue weighted by Crippen LogP contribution is 2.15. The number of benzene rings is 1. The number of aromatic amines is 1. The van der Waals surface area contributed by atoms with Crippen molar-refractivity contribution in [2.75, 3.05) is 5.43 Å². The quantitative estimate of drug-likeness (QED) is 0.542. The maximum Gasteiger partial charge on any atom is 0.329 e. The number of fused-ring (bicyclic) bond motifs is 1. The maximum atomic E-state index is 12.1. The molecular formula is C18H20N6O2. The first-order valence-electron chi connectivity index (χ1n) is 8.24. The Balaban J connectivity index is 1.92. The van der Waals surface area contributed by atoms with Crippen molar-refractivity contribution in [3.05, 3.63) is 62.8 Å². The van der Waals surface area contributed by atoms with Crippen molar-refractivity contribution in [3.63, 3.8) is 0 Å². The van der Waals surface area contributed by atoms with Gasteiger partial charge in [-0.05, 0) is 25.5 Å². The van der Waals surface area contributed by atoms with Crippen LogP contribution in [0.25, 0.3) is 17.2 Å². The van der Waals surface area contributed by atoms with E-state index in [1.807, 2.05) is 56.3 Å². The molecule has 0 amide bonds. The molecule has 0 spiro atoms. The van der Waals surface area contributed by atoms with Crippen LogP contribution >= 0.6 is 0 Å². The van der Waals surface area contributed by atoms with Crippen LogP contribution in [0, 0.1) is 0 Å². The van der Waals surface area contributed by atoms with Crippen LogP contribution in [0.15, 0.2) is 51.1 Å². The molecule has 0 bridgehead atoms. The summed E-state index contributed by atoms with van der Waals surface area (Å²) in [6.45, 7) is 4.26. The highest BCUT2D eigenvalue weighted by Gasteiger charge is 2.15. The first-order chi connectivity index (χ1) is 12.5. The number of nitrogens with one attached hydrogen (secondary N) is 2. The largest absolute Gasteiger partial charge is 0.329 e. The molecule has 8 heteroatoms. The second kappa shape index (κ2) is 7.22. The van der Waals surface area contributed by atoms with Crippen molar-refractivity contribution in [3.8, 4) is 0 Å². The molecule has 2 N–H and O–H groups in total. The van der Waals surface area contributed by atoms with E-state index in [4.69, 9.17) is 0 Å². The van der Waals surface area contributed by atoms with Gasteiger partial charge >= 0.3 is 5.69 Å². The average Bonchev–Trinajstić information content (AvgIpc) is 3.03. The zero-order chi connectivity index (χ0) is 18.7. The van der Waals surface area contributed by atoms with E-state index in [1.165, 1.54) is 4.57 Å². The number of hydrogen-bond donors (Lipinski definition) is 2. The summed E-state index contributed by atoms with van der Waals surface area (Å²) in [4.78, 5) is 30.5. The highest BCUT2D eigenvalue weighted by molar-refractivity contribution is 5.96. The minimum atomic E-state index is -0.500. The number of rotatable bonds is 5. The van der Waals surface area contributed by atoms with Gasteiger partial charge in [-0.15, -0.1) is 0 Å². The van der Waals surface area contributed by atoms with E-state index in [0.29, 0.717) is 23.7 Å². The van der Waals surface area contributed by atoms with Gasteiger partial charge in [0.05, 0.1) is 5.71 Å². The summed E-state index contributed by atoms with van der Waals surface area (Å²) in [5.41, 5.74) is 4.39. The number of aromatic nitrogens is 4. The predicted octanol–water partition coefficient (Wildman–Crippen LogP) is 1.94. The van der Waals surface area contributed by atoms with Crippen LogP contribution in [-0.2, 0) is 13.6 Å². The van der Waals surface area contributed by atoms with Crippen molar-refractivity contribution in [1.29, 1.82) is 0 Å².